The van der Waals surface area contributed by atoms with Crippen LogP contribution >= 0.6 is 0 Å². The first-order valence-electron chi connectivity index (χ1n) is 11.3. The maximum absolute atomic E-state index is 12.8. The number of amides is 1. The third-order valence-electron chi connectivity index (χ3n) is 5.61. The van der Waals surface area contributed by atoms with E-state index >= 15 is 0 Å². The zero-order valence-corrected chi connectivity index (χ0v) is 18.7. The zero-order chi connectivity index (χ0) is 22.0. The highest BCUT2D eigenvalue weighted by Crippen LogP contribution is 2.29. The van der Waals surface area contributed by atoms with Gasteiger partial charge in [-0.3, -0.25) is 14.4 Å². The highest BCUT2D eigenvalue weighted by atomic mass is 16.6. The number of ketones is 1. The second kappa shape index (κ2) is 11.9. The van der Waals surface area contributed by atoms with Gasteiger partial charge in [0, 0.05) is 11.5 Å². The molecule has 1 N–H and O–H groups in total. The largest absolute Gasteiger partial charge is 0.460 e. The summed E-state index contributed by atoms with van der Waals surface area (Å²) in [7, 11) is 0. The number of hydrogen-bond donors (Lipinski definition) is 1. The van der Waals surface area contributed by atoms with Crippen LogP contribution in [0.1, 0.15) is 88.9 Å². The molecule has 1 saturated carbocycles. The minimum Gasteiger partial charge on any atom is -0.460 e. The van der Waals surface area contributed by atoms with Crippen molar-refractivity contribution in [3.05, 3.63) is 35.9 Å². The Morgan fingerprint density at radius 2 is 1.73 bits per heavy atom. The van der Waals surface area contributed by atoms with Crippen LogP contribution in [0.4, 0.5) is 0 Å². The number of hydrogen-bond acceptors (Lipinski definition) is 4. The van der Waals surface area contributed by atoms with Crippen molar-refractivity contribution in [3.8, 4) is 0 Å². The third-order valence-corrected chi connectivity index (χ3v) is 5.61. The van der Waals surface area contributed by atoms with Gasteiger partial charge >= 0.3 is 5.97 Å². The first kappa shape index (κ1) is 24.1. The fraction of sp³-hybridized carbons (Fsp3) is 0.640. The fourth-order valence-electron chi connectivity index (χ4n) is 4.08. The quantitative estimate of drug-likeness (QED) is 0.427. The molecule has 2 rings (SSSR count). The van der Waals surface area contributed by atoms with Gasteiger partial charge in [-0.15, -0.1) is 0 Å². The van der Waals surface area contributed by atoms with Gasteiger partial charge in [0.2, 0.25) is 5.91 Å². The SMILES string of the molecule is CC(C)(C)OC(=O)CC(CCCC1CCCCC1)C(=O)NCC(=O)c1ccccc1. The number of esters is 1. The second-order valence-corrected chi connectivity index (χ2v) is 9.43. The number of carbonyl (C=O) groups is 3. The van der Waals surface area contributed by atoms with E-state index in [1.165, 1.54) is 32.1 Å². The van der Waals surface area contributed by atoms with Crippen molar-refractivity contribution in [2.75, 3.05) is 6.54 Å². The molecule has 0 saturated heterocycles. The van der Waals surface area contributed by atoms with E-state index in [-0.39, 0.29) is 30.6 Å². The van der Waals surface area contributed by atoms with Gasteiger partial charge in [0.15, 0.2) is 5.78 Å². The molecule has 5 heteroatoms. The van der Waals surface area contributed by atoms with E-state index in [1.807, 2.05) is 26.8 Å². The first-order valence-corrected chi connectivity index (χ1v) is 11.3. The molecule has 1 unspecified atom stereocenters. The minimum absolute atomic E-state index is 0.0489. The Morgan fingerprint density at radius 3 is 2.37 bits per heavy atom. The van der Waals surface area contributed by atoms with Crippen LogP contribution in [0.25, 0.3) is 0 Å². The van der Waals surface area contributed by atoms with Gasteiger partial charge in [-0.05, 0) is 33.1 Å². The molecule has 0 heterocycles. The molecule has 0 bridgehead atoms. The maximum Gasteiger partial charge on any atom is 0.307 e. The summed E-state index contributed by atoms with van der Waals surface area (Å²) in [5.74, 6) is -0.471. The molecule has 1 aromatic carbocycles. The van der Waals surface area contributed by atoms with Gasteiger partial charge in [-0.25, -0.2) is 0 Å². The molecule has 0 aliphatic heterocycles. The molecule has 1 fully saturated rings. The first-order chi connectivity index (χ1) is 14.2. The van der Waals surface area contributed by atoms with Gasteiger partial charge in [-0.1, -0.05) is 75.3 Å². The smallest absolute Gasteiger partial charge is 0.307 e. The summed E-state index contributed by atoms with van der Waals surface area (Å²) in [6.45, 7) is 5.40. The third kappa shape index (κ3) is 9.10. The van der Waals surface area contributed by atoms with Crippen molar-refractivity contribution in [2.24, 2.45) is 11.8 Å². The number of ether oxygens (including phenoxy) is 1. The molecule has 1 aromatic rings. The van der Waals surface area contributed by atoms with E-state index in [4.69, 9.17) is 4.74 Å². The Kier molecular flexibility index (Phi) is 9.54. The standard InChI is InChI=1S/C25H37NO4/c1-25(2,3)30-23(28)17-21(16-10-13-19-11-6-4-7-12-19)24(29)26-18-22(27)20-14-8-5-9-15-20/h5,8-9,14-15,19,21H,4,6-7,10-13,16-18H2,1-3H3,(H,26,29). The van der Waals surface area contributed by atoms with Crippen molar-refractivity contribution < 1.29 is 19.1 Å². The summed E-state index contributed by atoms with van der Waals surface area (Å²) in [5, 5.41) is 2.74. The molecule has 1 aliphatic rings. The Bertz CT molecular complexity index is 687. The van der Waals surface area contributed by atoms with Gasteiger partial charge < -0.3 is 10.1 Å². The van der Waals surface area contributed by atoms with Gasteiger partial charge in [0.25, 0.3) is 0 Å². The molecule has 5 nitrogen and oxygen atoms in total. The van der Waals surface area contributed by atoms with E-state index in [0.29, 0.717) is 12.0 Å². The van der Waals surface area contributed by atoms with Crippen molar-refractivity contribution in [3.63, 3.8) is 0 Å². The van der Waals surface area contributed by atoms with E-state index in [0.717, 1.165) is 18.8 Å². The van der Waals surface area contributed by atoms with E-state index in [1.54, 1.807) is 24.3 Å². The summed E-state index contributed by atoms with van der Waals surface area (Å²) in [6.07, 6.45) is 9.18. The predicted molar refractivity (Wildman–Crippen MR) is 118 cm³/mol. The lowest BCUT2D eigenvalue weighted by molar-refractivity contribution is -0.157. The van der Waals surface area contributed by atoms with Crippen LogP contribution in [-0.2, 0) is 14.3 Å². The molecule has 1 atom stereocenters. The maximum atomic E-state index is 12.8. The van der Waals surface area contributed by atoms with Gasteiger partial charge in [0.1, 0.15) is 5.60 Å². The number of Topliss-reactive ketones (excluding diaryl/α,β-unsaturated/α-hetero) is 1. The lowest BCUT2D eigenvalue weighted by Gasteiger charge is -2.24. The van der Waals surface area contributed by atoms with Crippen molar-refractivity contribution >= 4 is 17.7 Å². The molecule has 1 amide bonds. The molecule has 166 valence electrons. The highest BCUT2D eigenvalue weighted by molar-refractivity contribution is 5.99. The number of benzene rings is 1. The average molecular weight is 416 g/mol. The summed E-state index contributed by atoms with van der Waals surface area (Å²) < 4.78 is 5.42. The lowest BCUT2D eigenvalue weighted by Crippen LogP contribution is -2.36. The van der Waals surface area contributed by atoms with E-state index in [2.05, 4.69) is 5.32 Å². The van der Waals surface area contributed by atoms with Crippen LogP contribution < -0.4 is 5.32 Å². The van der Waals surface area contributed by atoms with E-state index in [9.17, 15) is 14.4 Å². The molecule has 0 radical (unpaired) electrons. The molecule has 1 aliphatic carbocycles. The van der Waals surface area contributed by atoms with Crippen molar-refractivity contribution in [2.45, 2.75) is 84.2 Å². The Balaban J connectivity index is 1.89. The number of rotatable bonds is 10. The molecular formula is C25H37NO4. The van der Waals surface area contributed by atoms with Crippen molar-refractivity contribution in [1.29, 1.82) is 0 Å². The molecular weight excluding hydrogens is 378 g/mol. The minimum atomic E-state index is -0.580. The molecule has 0 spiro atoms. The Labute approximate surface area is 181 Å². The summed E-state index contributed by atoms with van der Waals surface area (Å²) >= 11 is 0. The van der Waals surface area contributed by atoms with Crippen LogP contribution in [0, 0.1) is 11.8 Å². The van der Waals surface area contributed by atoms with E-state index < -0.39 is 11.5 Å². The monoisotopic (exact) mass is 415 g/mol. The molecule has 0 aromatic heterocycles. The van der Waals surface area contributed by atoms with Crippen LogP contribution in [0.5, 0.6) is 0 Å². The van der Waals surface area contributed by atoms with Gasteiger partial charge in [-0.2, -0.15) is 0 Å². The number of nitrogens with one attached hydrogen (secondary N) is 1. The van der Waals surface area contributed by atoms with Crippen LogP contribution in [-0.4, -0.2) is 29.8 Å². The van der Waals surface area contributed by atoms with Gasteiger partial charge in [0.05, 0.1) is 13.0 Å². The average Bonchev–Trinajstić information content (AvgIpc) is 2.71. The number of carbonyl (C=O) groups excluding carboxylic acids is 3. The lowest BCUT2D eigenvalue weighted by atomic mass is 9.84. The summed E-state index contributed by atoms with van der Waals surface area (Å²) in [5.41, 5.74) is -0.0116. The van der Waals surface area contributed by atoms with Crippen LogP contribution in [0.2, 0.25) is 0 Å². The summed E-state index contributed by atoms with van der Waals surface area (Å²) in [4.78, 5) is 37.4. The molecule has 30 heavy (non-hydrogen) atoms. The van der Waals surface area contributed by atoms with Crippen molar-refractivity contribution in [1.82, 2.24) is 5.32 Å². The van der Waals surface area contributed by atoms with Crippen LogP contribution in [0.3, 0.4) is 0 Å². The topological polar surface area (TPSA) is 72.5 Å². The predicted octanol–water partition coefficient (Wildman–Crippen LogP) is 5.08. The highest BCUT2D eigenvalue weighted by Gasteiger charge is 2.26. The zero-order valence-electron chi connectivity index (χ0n) is 18.7. The Morgan fingerprint density at radius 1 is 1.07 bits per heavy atom. The summed E-state index contributed by atoms with van der Waals surface area (Å²) in [6, 6.07) is 8.91. The second-order valence-electron chi connectivity index (χ2n) is 9.43. The normalized spacial score (nSPS) is 16.0. The van der Waals surface area contributed by atoms with Crippen LogP contribution in [0.15, 0.2) is 30.3 Å². The fourth-order valence-corrected chi connectivity index (χ4v) is 4.08. The Hall–Kier alpha value is -2.17.